The van der Waals surface area contributed by atoms with E-state index in [1.165, 1.54) is 27.3 Å². The molecule has 0 amide bonds. The zero-order valence-corrected chi connectivity index (χ0v) is 26.3. The Hall–Kier alpha value is -6.38. The van der Waals surface area contributed by atoms with Crippen LogP contribution < -0.4 is 4.90 Å². The SMILES string of the molecule is c1ccc(-c2ccc(N(c3ccccc3)c3ccc(-c4ccc5c(c4)oc4ccc6ccccc6c45)cc3-c3ccccc3)cc2)cc1. The Balaban J connectivity index is 1.19. The van der Waals surface area contributed by atoms with Gasteiger partial charge in [-0.1, -0.05) is 133 Å². The lowest BCUT2D eigenvalue weighted by Gasteiger charge is -2.28. The van der Waals surface area contributed by atoms with Gasteiger partial charge in [0.15, 0.2) is 0 Å². The van der Waals surface area contributed by atoms with Crippen LogP contribution in [0, 0.1) is 0 Å². The van der Waals surface area contributed by atoms with Crippen LogP contribution in [0.1, 0.15) is 0 Å². The van der Waals surface area contributed by atoms with E-state index in [2.05, 4.69) is 193 Å². The van der Waals surface area contributed by atoms with Gasteiger partial charge in [0, 0.05) is 27.7 Å². The molecule has 0 aliphatic heterocycles. The van der Waals surface area contributed by atoms with Crippen molar-refractivity contribution in [2.45, 2.75) is 0 Å². The highest BCUT2D eigenvalue weighted by Crippen LogP contribution is 2.44. The van der Waals surface area contributed by atoms with Crippen LogP contribution >= 0.6 is 0 Å². The van der Waals surface area contributed by atoms with Gasteiger partial charge in [0.1, 0.15) is 11.2 Å². The average Bonchev–Trinajstić information content (AvgIpc) is 3.55. The van der Waals surface area contributed by atoms with Gasteiger partial charge in [-0.2, -0.15) is 0 Å². The van der Waals surface area contributed by atoms with E-state index in [1.54, 1.807) is 0 Å². The van der Waals surface area contributed by atoms with Crippen molar-refractivity contribution in [1.82, 2.24) is 0 Å². The summed E-state index contributed by atoms with van der Waals surface area (Å²) in [7, 11) is 0. The molecule has 2 nitrogen and oxygen atoms in total. The third-order valence-electron chi connectivity index (χ3n) is 9.26. The molecule has 0 spiro atoms. The normalized spacial score (nSPS) is 11.3. The molecule has 0 bridgehead atoms. The van der Waals surface area contributed by atoms with Crippen molar-refractivity contribution in [2.24, 2.45) is 0 Å². The highest BCUT2D eigenvalue weighted by Gasteiger charge is 2.19. The fourth-order valence-corrected chi connectivity index (χ4v) is 6.92. The van der Waals surface area contributed by atoms with Crippen LogP contribution in [0.3, 0.4) is 0 Å². The Morgan fingerprint density at radius 3 is 1.71 bits per heavy atom. The zero-order chi connectivity index (χ0) is 31.9. The average molecular weight is 614 g/mol. The number of fused-ring (bicyclic) bond motifs is 5. The molecule has 9 aromatic rings. The molecule has 0 saturated heterocycles. The number of para-hydroxylation sites is 1. The quantitative estimate of drug-likeness (QED) is 0.185. The Kier molecular flexibility index (Phi) is 6.84. The summed E-state index contributed by atoms with van der Waals surface area (Å²) in [5, 5.41) is 4.75. The van der Waals surface area contributed by atoms with E-state index in [4.69, 9.17) is 4.42 Å². The van der Waals surface area contributed by atoms with Crippen LogP contribution in [0.5, 0.6) is 0 Å². The molecule has 1 heterocycles. The van der Waals surface area contributed by atoms with Crippen LogP contribution in [0.15, 0.2) is 192 Å². The van der Waals surface area contributed by atoms with Crippen molar-refractivity contribution in [1.29, 1.82) is 0 Å². The second-order valence-corrected chi connectivity index (χ2v) is 12.2. The molecular weight excluding hydrogens is 583 g/mol. The Morgan fingerprint density at radius 1 is 0.354 bits per heavy atom. The van der Waals surface area contributed by atoms with E-state index < -0.39 is 0 Å². The van der Waals surface area contributed by atoms with Crippen molar-refractivity contribution < 1.29 is 4.42 Å². The number of anilines is 3. The lowest BCUT2D eigenvalue weighted by molar-refractivity contribution is 0.669. The van der Waals surface area contributed by atoms with E-state index in [9.17, 15) is 0 Å². The molecular formula is C46H31NO. The van der Waals surface area contributed by atoms with Gasteiger partial charge in [0.05, 0.1) is 5.69 Å². The number of hydrogen-bond acceptors (Lipinski definition) is 2. The fraction of sp³-hybridized carbons (Fsp3) is 0. The van der Waals surface area contributed by atoms with E-state index in [-0.39, 0.29) is 0 Å². The predicted octanol–water partition coefficient (Wildman–Crippen LogP) is 13.2. The third kappa shape index (κ3) is 4.92. The second-order valence-electron chi connectivity index (χ2n) is 12.2. The van der Waals surface area contributed by atoms with Gasteiger partial charge in [-0.15, -0.1) is 0 Å². The zero-order valence-electron chi connectivity index (χ0n) is 26.3. The van der Waals surface area contributed by atoms with E-state index >= 15 is 0 Å². The van der Waals surface area contributed by atoms with Gasteiger partial charge in [0.25, 0.3) is 0 Å². The lowest BCUT2D eigenvalue weighted by Crippen LogP contribution is -2.11. The van der Waals surface area contributed by atoms with Crippen LogP contribution in [0.25, 0.3) is 66.1 Å². The van der Waals surface area contributed by atoms with Gasteiger partial charge in [-0.25, -0.2) is 0 Å². The maximum absolute atomic E-state index is 6.45. The smallest absolute Gasteiger partial charge is 0.136 e. The van der Waals surface area contributed by atoms with Crippen molar-refractivity contribution in [2.75, 3.05) is 4.90 Å². The van der Waals surface area contributed by atoms with Gasteiger partial charge in [-0.05, 0) is 93.2 Å². The minimum absolute atomic E-state index is 0.897. The first kappa shape index (κ1) is 27.9. The van der Waals surface area contributed by atoms with Gasteiger partial charge >= 0.3 is 0 Å². The summed E-state index contributed by atoms with van der Waals surface area (Å²) in [5.41, 5.74) is 12.1. The molecule has 0 saturated carbocycles. The van der Waals surface area contributed by atoms with Gasteiger partial charge < -0.3 is 9.32 Å². The fourth-order valence-electron chi connectivity index (χ4n) is 6.92. The van der Waals surface area contributed by atoms with E-state index in [0.717, 1.165) is 55.9 Å². The van der Waals surface area contributed by atoms with E-state index in [1.807, 2.05) is 0 Å². The summed E-state index contributed by atoms with van der Waals surface area (Å²) < 4.78 is 6.45. The standard InChI is InChI=1S/C46H31NO/c1-4-12-32(13-5-1)33-20-25-39(26-21-33)47(38-17-8-3-9-18-38)43-28-23-36(30-42(43)34-14-6-2-7-15-34)37-22-27-41-45(31-37)48-44-29-24-35-16-10-11-19-40(35)46(41)44/h1-31H. The molecule has 9 rings (SSSR count). The highest BCUT2D eigenvalue weighted by atomic mass is 16.3. The van der Waals surface area contributed by atoms with Crippen LogP contribution in [-0.2, 0) is 0 Å². The van der Waals surface area contributed by atoms with Crippen molar-refractivity contribution in [3.05, 3.63) is 188 Å². The van der Waals surface area contributed by atoms with Gasteiger partial charge in [0.2, 0.25) is 0 Å². The number of benzene rings is 8. The third-order valence-corrected chi connectivity index (χ3v) is 9.26. The first-order chi connectivity index (χ1) is 23.8. The van der Waals surface area contributed by atoms with Crippen LogP contribution in [0.4, 0.5) is 17.1 Å². The van der Waals surface area contributed by atoms with Crippen molar-refractivity contribution >= 4 is 49.8 Å². The van der Waals surface area contributed by atoms with Crippen LogP contribution in [0.2, 0.25) is 0 Å². The minimum atomic E-state index is 0.897. The summed E-state index contributed by atoms with van der Waals surface area (Å²) >= 11 is 0. The summed E-state index contributed by atoms with van der Waals surface area (Å²) in [4.78, 5) is 2.36. The Labute approximate surface area is 279 Å². The molecule has 0 aliphatic rings. The monoisotopic (exact) mass is 613 g/mol. The molecule has 48 heavy (non-hydrogen) atoms. The number of rotatable bonds is 6. The number of nitrogens with zero attached hydrogens (tertiary/aromatic N) is 1. The summed E-state index contributed by atoms with van der Waals surface area (Å²) in [6.07, 6.45) is 0. The van der Waals surface area contributed by atoms with Gasteiger partial charge in [-0.3, -0.25) is 0 Å². The van der Waals surface area contributed by atoms with Crippen molar-refractivity contribution in [3.8, 4) is 33.4 Å². The Bertz CT molecular complexity index is 2530. The first-order valence-electron chi connectivity index (χ1n) is 16.3. The minimum Gasteiger partial charge on any atom is -0.456 e. The predicted molar refractivity (Wildman–Crippen MR) is 202 cm³/mol. The summed E-state index contributed by atoms with van der Waals surface area (Å²) in [5.74, 6) is 0. The molecule has 0 aliphatic carbocycles. The molecule has 1 aromatic heterocycles. The molecule has 8 aromatic carbocycles. The topological polar surface area (TPSA) is 16.4 Å². The Morgan fingerprint density at radius 2 is 0.938 bits per heavy atom. The largest absolute Gasteiger partial charge is 0.456 e. The van der Waals surface area contributed by atoms with Crippen LogP contribution in [-0.4, -0.2) is 0 Å². The number of hydrogen-bond donors (Lipinski definition) is 0. The first-order valence-corrected chi connectivity index (χ1v) is 16.3. The molecule has 226 valence electrons. The molecule has 0 unspecified atom stereocenters. The number of furan rings is 1. The van der Waals surface area contributed by atoms with Crippen molar-refractivity contribution in [3.63, 3.8) is 0 Å². The molecule has 0 atom stereocenters. The second kappa shape index (κ2) is 11.8. The molecule has 0 N–H and O–H groups in total. The molecule has 0 fully saturated rings. The maximum Gasteiger partial charge on any atom is 0.136 e. The summed E-state index contributed by atoms with van der Waals surface area (Å²) in [6, 6.07) is 66.9. The highest BCUT2D eigenvalue weighted by molar-refractivity contribution is 6.19. The van der Waals surface area contributed by atoms with E-state index in [0.29, 0.717) is 0 Å². The summed E-state index contributed by atoms with van der Waals surface area (Å²) in [6.45, 7) is 0. The maximum atomic E-state index is 6.45. The molecule has 2 heteroatoms. The molecule has 0 radical (unpaired) electrons. The lowest BCUT2D eigenvalue weighted by atomic mass is 9.95.